The van der Waals surface area contributed by atoms with Crippen molar-refractivity contribution in [1.29, 1.82) is 5.26 Å². The molecular weight excluding hydrogens is 487 g/mol. The van der Waals surface area contributed by atoms with Crippen LogP contribution in [-0.4, -0.2) is 53.5 Å². The molecule has 0 radical (unpaired) electrons. The molecule has 1 amide bonds. The molecule has 0 atom stereocenters. The first kappa shape index (κ1) is 23.6. The second-order valence-corrected chi connectivity index (χ2v) is 11.4. The highest BCUT2D eigenvalue weighted by molar-refractivity contribution is 7.15. The molecule has 3 aromatic rings. The molecule has 1 aromatic carbocycles. The molecule has 0 N–H and O–H groups in total. The van der Waals surface area contributed by atoms with Gasteiger partial charge in [0.1, 0.15) is 23.3 Å². The number of carbonyl (C=O) groups is 1. The number of carbonyl (C=O) groups excluding carboxylic acids is 1. The Labute approximate surface area is 219 Å². The van der Waals surface area contributed by atoms with Crippen LogP contribution < -0.4 is 9.80 Å². The summed E-state index contributed by atoms with van der Waals surface area (Å²) in [4.78, 5) is 29.0. The van der Waals surface area contributed by atoms with Crippen molar-refractivity contribution in [3.8, 4) is 17.2 Å². The van der Waals surface area contributed by atoms with Crippen LogP contribution in [0.5, 0.6) is 0 Å². The minimum atomic E-state index is -0.341. The lowest BCUT2D eigenvalue weighted by molar-refractivity contribution is -0.136. The number of amides is 1. The van der Waals surface area contributed by atoms with Crippen LogP contribution in [0.25, 0.3) is 11.1 Å². The molecule has 9 heteroatoms. The van der Waals surface area contributed by atoms with Crippen LogP contribution in [0.4, 0.5) is 15.3 Å². The smallest absolute Gasteiger partial charge is 0.245 e. The number of aromatic nitrogens is 2. The van der Waals surface area contributed by atoms with Crippen molar-refractivity contribution < 1.29 is 9.18 Å². The fraction of sp³-hybridized carbons (Fsp3) is 0.357. The fourth-order valence-electron chi connectivity index (χ4n) is 5.94. The van der Waals surface area contributed by atoms with Crippen molar-refractivity contribution in [3.63, 3.8) is 0 Å². The Hall–Kier alpha value is -3.77. The van der Waals surface area contributed by atoms with E-state index in [0.29, 0.717) is 55.1 Å². The van der Waals surface area contributed by atoms with Gasteiger partial charge in [0.25, 0.3) is 0 Å². The maximum atomic E-state index is 15.1. The lowest BCUT2D eigenvalue weighted by Crippen LogP contribution is -2.59. The molecule has 0 aliphatic carbocycles. The van der Waals surface area contributed by atoms with Gasteiger partial charge in [-0.2, -0.15) is 5.26 Å². The number of likely N-dealkylation sites (tertiary alicyclic amines) is 1. The Balaban J connectivity index is 1.42. The Morgan fingerprint density at radius 1 is 1.24 bits per heavy atom. The largest absolute Gasteiger partial charge is 0.355 e. The Morgan fingerprint density at radius 3 is 2.76 bits per heavy atom. The molecular formula is C28H27FN6OS. The van der Waals surface area contributed by atoms with E-state index in [1.165, 1.54) is 12.1 Å². The van der Waals surface area contributed by atoms with Gasteiger partial charge >= 0.3 is 0 Å². The number of nitrogens with zero attached hydrogens (tertiary/aromatic N) is 6. The molecule has 0 unspecified atom stereocenters. The Kier molecular flexibility index (Phi) is 5.72. The van der Waals surface area contributed by atoms with Gasteiger partial charge in [0.2, 0.25) is 5.91 Å². The number of benzene rings is 1. The molecule has 2 fully saturated rings. The standard InChI is InChI=1S/C28H27FN6OS/c1-3-24(36)35-16-28(17-35)9-11-34(15-28)26-21(12-30)25(19-6-4-5-7-22(19)29)20-8-10-33(14-23(20)32-26)27-31-13-18(2)37-27/h3-7,13H,1,8-11,14-17H2,2H3. The predicted octanol–water partition coefficient (Wildman–Crippen LogP) is 4.31. The van der Waals surface area contributed by atoms with Gasteiger partial charge in [-0.15, -0.1) is 11.3 Å². The molecule has 5 heterocycles. The van der Waals surface area contributed by atoms with Crippen molar-refractivity contribution in [2.24, 2.45) is 5.41 Å². The molecule has 188 valence electrons. The third-order valence-electron chi connectivity index (χ3n) is 7.75. The van der Waals surface area contributed by atoms with Crippen molar-refractivity contribution in [2.45, 2.75) is 26.3 Å². The van der Waals surface area contributed by atoms with Gasteiger partial charge in [-0.1, -0.05) is 24.8 Å². The number of hydrogen-bond donors (Lipinski definition) is 0. The highest BCUT2D eigenvalue weighted by atomic mass is 32.1. The van der Waals surface area contributed by atoms with Crippen LogP contribution in [0.2, 0.25) is 0 Å². The van der Waals surface area contributed by atoms with E-state index in [-0.39, 0.29) is 17.1 Å². The highest BCUT2D eigenvalue weighted by Gasteiger charge is 2.49. The van der Waals surface area contributed by atoms with Crippen LogP contribution in [-0.2, 0) is 17.8 Å². The van der Waals surface area contributed by atoms with E-state index in [2.05, 4.69) is 27.4 Å². The zero-order chi connectivity index (χ0) is 25.7. The number of rotatable bonds is 4. The second kappa shape index (κ2) is 8.96. The molecule has 37 heavy (non-hydrogen) atoms. The summed E-state index contributed by atoms with van der Waals surface area (Å²) in [5.74, 6) is 0.224. The zero-order valence-corrected chi connectivity index (χ0v) is 21.5. The molecule has 7 nitrogen and oxygen atoms in total. The monoisotopic (exact) mass is 514 g/mol. The number of anilines is 2. The molecule has 0 saturated carbocycles. The van der Waals surface area contributed by atoms with Crippen LogP contribution in [0, 0.1) is 29.5 Å². The van der Waals surface area contributed by atoms with E-state index in [0.717, 1.165) is 40.8 Å². The van der Waals surface area contributed by atoms with Crippen molar-refractivity contribution >= 4 is 28.2 Å². The lowest BCUT2D eigenvalue weighted by atomic mass is 9.79. The van der Waals surface area contributed by atoms with Gasteiger partial charge in [-0.05, 0) is 37.5 Å². The van der Waals surface area contributed by atoms with Crippen LogP contribution in [0.1, 0.15) is 28.1 Å². The summed E-state index contributed by atoms with van der Waals surface area (Å²) in [6.45, 7) is 9.73. The number of nitriles is 1. The summed E-state index contributed by atoms with van der Waals surface area (Å²) in [5.41, 5.74) is 3.33. The van der Waals surface area contributed by atoms with Gasteiger partial charge in [0.15, 0.2) is 5.13 Å². The average molecular weight is 515 g/mol. The first-order chi connectivity index (χ1) is 17.9. The number of fused-ring (bicyclic) bond motifs is 1. The van der Waals surface area contributed by atoms with Gasteiger partial charge < -0.3 is 14.7 Å². The number of thiazole rings is 1. The predicted molar refractivity (Wildman–Crippen MR) is 142 cm³/mol. The maximum absolute atomic E-state index is 15.1. The molecule has 2 aromatic heterocycles. The van der Waals surface area contributed by atoms with Gasteiger partial charge in [0, 0.05) is 60.3 Å². The number of pyridine rings is 1. The Morgan fingerprint density at radius 2 is 2.05 bits per heavy atom. The minimum Gasteiger partial charge on any atom is -0.355 e. The van der Waals surface area contributed by atoms with E-state index in [1.807, 2.05) is 19.2 Å². The molecule has 2 saturated heterocycles. The number of halogens is 1. The van der Waals surface area contributed by atoms with Crippen molar-refractivity contribution in [3.05, 3.63) is 70.6 Å². The fourth-order valence-corrected chi connectivity index (χ4v) is 6.72. The summed E-state index contributed by atoms with van der Waals surface area (Å²) in [6.07, 6.45) is 4.80. The third kappa shape index (κ3) is 3.96. The molecule has 6 rings (SSSR count). The summed E-state index contributed by atoms with van der Waals surface area (Å²) in [6, 6.07) is 9.07. The topological polar surface area (TPSA) is 76.4 Å². The van der Waals surface area contributed by atoms with Gasteiger partial charge in [-0.3, -0.25) is 4.79 Å². The summed E-state index contributed by atoms with van der Waals surface area (Å²) < 4.78 is 15.1. The average Bonchev–Trinajstić information content (AvgIpc) is 3.53. The molecule has 0 bridgehead atoms. The molecule has 1 spiro atoms. The SMILES string of the molecule is C=CC(=O)N1CC2(CCN(c3nc4c(c(-c5ccccc5F)c3C#N)CCN(c3ncc(C)s3)C4)C2)C1. The summed E-state index contributed by atoms with van der Waals surface area (Å²) >= 11 is 1.65. The summed E-state index contributed by atoms with van der Waals surface area (Å²) in [7, 11) is 0. The van der Waals surface area contributed by atoms with Gasteiger partial charge in [0.05, 0.1) is 12.2 Å². The maximum Gasteiger partial charge on any atom is 0.245 e. The highest BCUT2D eigenvalue weighted by Crippen LogP contribution is 2.44. The third-order valence-corrected chi connectivity index (χ3v) is 8.72. The number of aryl methyl sites for hydroxylation is 1. The van der Waals surface area contributed by atoms with E-state index >= 15 is 4.39 Å². The van der Waals surface area contributed by atoms with Crippen molar-refractivity contribution in [2.75, 3.05) is 42.5 Å². The quantitative estimate of drug-likeness (QED) is 0.483. The number of hydrogen-bond acceptors (Lipinski definition) is 7. The second-order valence-electron chi connectivity index (χ2n) is 10.2. The van der Waals surface area contributed by atoms with Gasteiger partial charge in [-0.25, -0.2) is 14.4 Å². The molecule has 3 aliphatic heterocycles. The van der Waals surface area contributed by atoms with E-state index in [9.17, 15) is 10.1 Å². The summed E-state index contributed by atoms with van der Waals surface area (Å²) in [5, 5.41) is 11.3. The first-order valence-corrected chi connectivity index (χ1v) is 13.3. The lowest BCUT2D eigenvalue weighted by Gasteiger charge is -2.47. The van der Waals surface area contributed by atoms with Crippen LogP contribution in [0.3, 0.4) is 0 Å². The minimum absolute atomic E-state index is 0.00834. The van der Waals surface area contributed by atoms with Crippen LogP contribution in [0.15, 0.2) is 43.1 Å². The van der Waals surface area contributed by atoms with E-state index in [4.69, 9.17) is 4.98 Å². The van der Waals surface area contributed by atoms with Crippen LogP contribution >= 0.6 is 11.3 Å². The van der Waals surface area contributed by atoms with E-state index in [1.54, 1.807) is 28.4 Å². The van der Waals surface area contributed by atoms with E-state index < -0.39 is 0 Å². The normalized spacial score (nSPS) is 17.9. The Bertz CT molecular complexity index is 1450. The van der Waals surface area contributed by atoms with Crippen molar-refractivity contribution in [1.82, 2.24) is 14.9 Å². The zero-order valence-electron chi connectivity index (χ0n) is 20.7. The first-order valence-electron chi connectivity index (χ1n) is 12.5. The molecule has 3 aliphatic rings.